The van der Waals surface area contributed by atoms with Crippen molar-refractivity contribution in [2.24, 2.45) is 16.8 Å². The summed E-state index contributed by atoms with van der Waals surface area (Å²) in [6.45, 7) is 13.0. The molecule has 0 bridgehead atoms. The number of rotatable bonds is 9. The Labute approximate surface area is 262 Å². The fourth-order valence-electron chi connectivity index (χ4n) is 6.81. The van der Waals surface area contributed by atoms with Gasteiger partial charge in [-0.15, -0.1) is 0 Å². The van der Waals surface area contributed by atoms with E-state index in [9.17, 15) is 14.7 Å². The third-order valence-corrected chi connectivity index (χ3v) is 9.46. The molecule has 1 aromatic heterocycles. The van der Waals surface area contributed by atoms with Gasteiger partial charge in [0.2, 0.25) is 11.8 Å². The van der Waals surface area contributed by atoms with Crippen molar-refractivity contribution in [2.75, 3.05) is 31.1 Å². The van der Waals surface area contributed by atoms with Gasteiger partial charge in [-0.1, -0.05) is 17.7 Å². The zero-order valence-corrected chi connectivity index (χ0v) is 27.0. The lowest BCUT2D eigenvalue weighted by Crippen LogP contribution is -2.44. The topological polar surface area (TPSA) is 107 Å². The van der Waals surface area contributed by atoms with E-state index in [-0.39, 0.29) is 29.8 Å². The number of hydrogen-bond acceptors (Lipinski definition) is 6. The molecule has 2 aliphatic heterocycles. The van der Waals surface area contributed by atoms with Crippen molar-refractivity contribution in [2.45, 2.75) is 97.2 Å². The van der Waals surface area contributed by atoms with Crippen LogP contribution in [-0.2, 0) is 11.2 Å². The summed E-state index contributed by atoms with van der Waals surface area (Å²) in [6.07, 6.45) is 7.64. The van der Waals surface area contributed by atoms with Gasteiger partial charge in [0.15, 0.2) is 0 Å². The summed E-state index contributed by atoms with van der Waals surface area (Å²) < 4.78 is 6.16. The molecule has 0 radical (unpaired) electrons. The van der Waals surface area contributed by atoms with Crippen molar-refractivity contribution in [1.82, 2.24) is 15.2 Å². The van der Waals surface area contributed by atoms with E-state index in [0.29, 0.717) is 30.4 Å². The summed E-state index contributed by atoms with van der Waals surface area (Å²) in [6, 6.07) is 9.77. The highest BCUT2D eigenvalue weighted by Gasteiger charge is 2.37. The average molecular weight is 604 g/mol. The van der Waals surface area contributed by atoms with Crippen LogP contribution in [0.15, 0.2) is 41.5 Å². The molecule has 0 spiro atoms. The maximum absolute atomic E-state index is 13.2. The molecule has 0 atom stereocenters. The minimum atomic E-state index is -0.630. The largest absolute Gasteiger partial charge is 0.476 e. The molecule has 3 aliphatic rings. The molecule has 1 aromatic carbocycles. The number of ether oxygens (including phenoxy) is 1. The Morgan fingerprint density at radius 2 is 1.77 bits per heavy atom. The molecule has 1 saturated carbocycles. The van der Waals surface area contributed by atoms with Gasteiger partial charge in [-0.05, 0) is 104 Å². The van der Waals surface area contributed by atoms with Gasteiger partial charge < -0.3 is 20.1 Å². The van der Waals surface area contributed by atoms with E-state index in [4.69, 9.17) is 4.74 Å². The highest BCUT2D eigenvalue weighted by atomic mass is 16.5. The molecule has 2 amide bonds. The maximum Gasteiger partial charge on any atom is 0.278 e. The molecule has 2 aromatic rings. The standard InChI is InChI=1S/C35H49N5O4/c1-23(2)37-33(41)26-10-12-29(13-11-26)40-30-21-32(44-19-18-39-16-14-28(15-17-39)35(4,5)43)36-22-27(30)20-31(40)38-34(42)25-8-6-24(3)7-9-25/h6-9,21-23,26,28-29,43H,10-20H2,1-5H3,(H,37,41). The second-order valence-electron chi connectivity index (χ2n) is 13.7. The third-order valence-electron chi connectivity index (χ3n) is 9.46. The second-order valence-corrected chi connectivity index (χ2v) is 13.7. The molecule has 9 nitrogen and oxygen atoms in total. The van der Waals surface area contributed by atoms with E-state index in [2.05, 4.69) is 25.1 Å². The van der Waals surface area contributed by atoms with Gasteiger partial charge in [0, 0.05) is 54.4 Å². The number of amidine groups is 1. The fourth-order valence-corrected chi connectivity index (χ4v) is 6.81. The van der Waals surface area contributed by atoms with Gasteiger partial charge in [-0.25, -0.2) is 4.98 Å². The molecular formula is C35H49N5O4. The number of aliphatic hydroxyl groups is 1. The molecular weight excluding hydrogens is 554 g/mol. The van der Waals surface area contributed by atoms with Gasteiger partial charge >= 0.3 is 0 Å². The third kappa shape index (κ3) is 7.85. The van der Waals surface area contributed by atoms with Crippen molar-refractivity contribution in [3.05, 3.63) is 53.2 Å². The Hall–Kier alpha value is -3.30. The molecule has 2 N–H and O–H groups in total. The quantitative estimate of drug-likeness (QED) is 0.418. The molecule has 1 saturated heterocycles. The molecule has 238 valence electrons. The van der Waals surface area contributed by atoms with E-state index in [1.54, 1.807) is 0 Å². The van der Waals surface area contributed by atoms with Gasteiger partial charge in [-0.2, -0.15) is 4.99 Å². The van der Waals surface area contributed by atoms with Gasteiger partial charge in [0.05, 0.1) is 11.3 Å². The van der Waals surface area contributed by atoms with Crippen LogP contribution in [0.1, 0.15) is 87.7 Å². The van der Waals surface area contributed by atoms with Gasteiger partial charge in [0.25, 0.3) is 5.91 Å². The zero-order valence-electron chi connectivity index (χ0n) is 27.0. The Bertz CT molecular complexity index is 1330. The van der Waals surface area contributed by atoms with Crippen LogP contribution in [-0.4, -0.2) is 76.6 Å². The Morgan fingerprint density at radius 3 is 2.41 bits per heavy atom. The number of anilines is 1. The summed E-state index contributed by atoms with van der Waals surface area (Å²) in [7, 11) is 0. The van der Waals surface area contributed by atoms with Crippen molar-refractivity contribution in [1.29, 1.82) is 0 Å². The minimum absolute atomic E-state index is 0.00940. The summed E-state index contributed by atoms with van der Waals surface area (Å²) in [4.78, 5) is 39.8. The number of aryl methyl sites for hydroxylation is 1. The number of nitrogens with one attached hydrogen (secondary N) is 1. The summed E-state index contributed by atoms with van der Waals surface area (Å²) in [5, 5.41) is 13.4. The van der Waals surface area contributed by atoms with Crippen LogP contribution in [0.25, 0.3) is 0 Å². The zero-order chi connectivity index (χ0) is 31.4. The molecule has 2 fully saturated rings. The predicted molar refractivity (Wildman–Crippen MR) is 173 cm³/mol. The molecule has 9 heteroatoms. The van der Waals surface area contributed by atoms with Crippen LogP contribution in [0.4, 0.5) is 5.69 Å². The predicted octanol–water partition coefficient (Wildman–Crippen LogP) is 4.94. The minimum Gasteiger partial charge on any atom is -0.476 e. The van der Waals surface area contributed by atoms with Crippen LogP contribution < -0.4 is 15.0 Å². The summed E-state index contributed by atoms with van der Waals surface area (Å²) in [5.41, 5.74) is 3.06. The number of benzene rings is 1. The molecule has 0 unspecified atom stereocenters. The maximum atomic E-state index is 13.2. The smallest absolute Gasteiger partial charge is 0.278 e. The lowest BCUT2D eigenvalue weighted by atomic mass is 9.83. The first kappa shape index (κ1) is 32.1. The van der Waals surface area contributed by atoms with E-state index in [1.807, 2.05) is 71.1 Å². The van der Waals surface area contributed by atoms with Crippen molar-refractivity contribution in [3.63, 3.8) is 0 Å². The number of hydrogen-bond donors (Lipinski definition) is 2. The van der Waals surface area contributed by atoms with Crippen LogP contribution >= 0.6 is 0 Å². The molecule has 1 aliphatic carbocycles. The number of aliphatic imine (C=N–C) groups is 1. The molecule has 3 heterocycles. The Kier molecular flexibility index (Phi) is 10.1. The number of amides is 2. The van der Waals surface area contributed by atoms with Crippen LogP contribution in [0.3, 0.4) is 0 Å². The normalized spacial score (nSPS) is 22.3. The van der Waals surface area contributed by atoms with Crippen LogP contribution in [0, 0.1) is 18.8 Å². The van der Waals surface area contributed by atoms with E-state index in [0.717, 1.165) is 80.8 Å². The Balaban J connectivity index is 1.29. The van der Waals surface area contributed by atoms with E-state index in [1.165, 1.54) is 0 Å². The monoisotopic (exact) mass is 603 g/mol. The lowest BCUT2D eigenvalue weighted by molar-refractivity contribution is -0.126. The number of carbonyl (C=O) groups excluding carboxylic acids is 2. The molecule has 44 heavy (non-hydrogen) atoms. The highest BCUT2D eigenvalue weighted by molar-refractivity contribution is 6.12. The SMILES string of the molecule is Cc1ccc(C(=O)N=C2Cc3cnc(OCCN4CCC(C(C)(C)O)CC4)cc3N2C2CCC(C(=O)NC(C)C)CC2)cc1. The average Bonchev–Trinajstić information content (AvgIpc) is 3.34. The van der Waals surface area contributed by atoms with Crippen LogP contribution in [0.2, 0.25) is 0 Å². The number of carbonyl (C=O) groups is 2. The highest BCUT2D eigenvalue weighted by Crippen LogP contribution is 2.38. The number of fused-ring (bicyclic) bond motifs is 1. The summed E-state index contributed by atoms with van der Waals surface area (Å²) in [5.74, 6) is 1.52. The van der Waals surface area contributed by atoms with Crippen LogP contribution in [0.5, 0.6) is 5.88 Å². The van der Waals surface area contributed by atoms with Gasteiger partial charge in [0.1, 0.15) is 12.4 Å². The van der Waals surface area contributed by atoms with Crippen molar-refractivity contribution >= 4 is 23.3 Å². The first-order valence-corrected chi connectivity index (χ1v) is 16.3. The number of likely N-dealkylation sites (tertiary alicyclic amines) is 1. The van der Waals surface area contributed by atoms with Crippen molar-refractivity contribution in [3.8, 4) is 5.88 Å². The number of pyridine rings is 1. The first-order chi connectivity index (χ1) is 21.0. The lowest BCUT2D eigenvalue weighted by Gasteiger charge is -2.37. The number of piperidine rings is 1. The molecule has 5 rings (SSSR count). The fraction of sp³-hybridized carbons (Fsp3) is 0.600. The van der Waals surface area contributed by atoms with E-state index < -0.39 is 5.60 Å². The van der Waals surface area contributed by atoms with Crippen molar-refractivity contribution < 1.29 is 19.4 Å². The van der Waals surface area contributed by atoms with Gasteiger partial charge in [-0.3, -0.25) is 14.5 Å². The number of aromatic nitrogens is 1. The number of nitrogens with zero attached hydrogens (tertiary/aromatic N) is 4. The van der Waals surface area contributed by atoms with E-state index >= 15 is 0 Å². The second kappa shape index (κ2) is 13.8. The first-order valence-electron chi connectivity index (χ1n) is 16.3. The Morgan fingerprint density at radius 1 is 1.09 bits per heavy atom. The summed E-state index contributed by atoms with van der Waals surface area (Å²) >= 11 is 0.